The number of nitrogens with zero attached hydrogens (tertiary/aromatic N) is 2. The fourth-order valence-electron chi connectivity index (χ4n) is 2.51. The summed E-state index contributed by atoms with van der Waals surface area (Å²) in [7, 11) is 2.10. The molecule has 0 spiro atoms. The highest BCUT2D eigenvalue weighted by atomic mass is 32.1. The Morgan fingerprint density at radius 1 is 1.35 bits per heavy atom. The van der Waals surface area contributed by atoms with Crippen molar-refractivity contribution in [3.8, 4) is 11.3 Å². The van der Waals surface area contributed by atoms with Crippen LogP contribution in [0.3, 0.4) is 0 Å². The third-order valence-corrected chi connectivity index (χ3v) is 5.14. The van der Waals surface area contributed by atoms with E-state index in [0.29, 0.717) is 0 Å². The molecule has 3 rings (SSSR count). The first-order valence-electron chi connectivity index (χ1n) is 7.06. The van der Waals surface area contributed by atoms with Gasteiger partial charge in [-0.3, -0.25) is 0 Å². The van der Waals surface area contributed by atoms with Gasteiger partial charge in [0.05, 0.1) is 17.2 Å². The van der Waals surface area contributed by atoms with Crippen molar-refractivity contribution >= 4 is 16.5 Å². The van der Waals surface area contributed by atoms with Crippen LogP contribution < -0.4 is 4.90 Å². The first-order valence-corrected chi connectivity index (χ1v) is 7.87. The molecule has 3 nitrogen and oxygen atoms in total. The quantitative estimate of drug-likeness (QED) is 0.916. The van der Waals surface area contributed by atoms with E-state index in [1.165, 1.54) is 6.42 Å². The lowest BCUT2D eigenvalue weighted by Gasteiger charge is -2.15. The van der Waals surface area contributed by atoms with Crippen molar-refractivity contribution < 1.29 is 5.11 Å². The van der Waals surface area contributed by atoms with Crippen LogP contribution in [0, 0.1) is 11.8 Å². The molecular formula is C16H20N2OS. The van der Waals surface area contributed by atoms with Gasteiger partial charge in [-0.05, 0) is 18.3 Å². The number of aromatic nitrogens is 1. The number of aliphatic hydroxyl groups is 1. The van der Waals surface area contributed by atoms with E-state index < -0.39 is 0 Å². The zero-order valence-corrected chi connectivity index (χ0v) is 12.7. The molecule has 0 radical (unpaired) electrons. The molecule has 0 aliphatic heterocycles. The van der Waals surface area contributed by atoms with Crippen LogP contribution in [0.25, 0.3) is 11.3 Å². The number of rotatable bonds is 5. The fourth-order valence-corrected chi connectivity index (χ4v) is 3.43. The van der Waals surface area contributed by atoms with E-state index in [1.54, 1.807) is 11.3 Å². The van der Waals surface area contributed by atoms with Crippen LogP contribution >= 0.6 is 11.3 Å². The van der Waals surface area contributed by atoms with Crippen LogP contribution in [0.4, 0.5) is 5.13 Å². The Balaban J connectivity index is 1.84. The number of aliphatic hydroxyl groups excluding tert-OH is 1. The molecule has 1 N–H and O–H groups in total. The molecule has 0 amide bonds. The molecule has 4 heteroatoms. The van der Waals surface area contributed by atoms with Gasteiger partial charge in [-0.1, -0.05) is 48.6 Å². The summed E-state index contributed by atoms with van der Waals surface area (Å²) in [5, 5.41) is 10.6. The van der Waals surface area contributed by atoms with E-state index in [-0.39, 0.29) is 6.61 Å². The Kier molecular flexibility index (Phi) is 3.76. The molecule has 1 aromatic heterocycles. The lowest BCUT2D eigenvalue weighted by Crippen LogP contribution is -2.20. The second kappa shape index (κ2) is 5.54. The predicted octanol–water partition coefficient (Wildman–Crippen LogP) is 3.39. The van der Waals surface area contributed by atoms with Gasteiger partial charge < -0.3 is 10.0 Å². The first-order chi connectivity index (χ1) is 9.69. The fraction of sp³-hybridized carbons (Fsp3) is 0.438. The van der Waals surface area contributed by atoms with E-state index in [1.807, 2.05) is 30.3 Å². The Bertz CT molecular complexity index is 581. The minimum Gasteiger partial charge on any atom is -0.391 e. The van der Waals surface area contributed by atoms with Crippen LogP contribution in [-0.4, -0.2) is 23.7 Å². The highest BCUT2D eigenvalue weighted by molar-refractivity contribution is 7.16. The van der Waals surface area contributed by atoms with Crippen molar-refractivity contribution in [1.29, 1.82) is 0 Å². The largest absolute Gasteiger partial charge is 0.391 e. The van der Waals surface area contributed by atoms with Crippen molar-refractivity contribution in [1.82, 2.24) is 4.98 Å². The van der Waals surface area contributed by atoms with Gasteiger partial charge in [-0.2, -0.15) is 0 Å². The van der Waals surface area contributed by atoms with Crippen molar-refractivity contribution in [2.75, 3.05) is 18.5 Å². The summed E-state index contributed by atoms with van der Waals surface area (Å²) in [6.07, 6.45) is 1.33. The molecule has 0 bridgehead atoms. The topological polar surface area (TPSA) is 36.4 Å². The molecular weight excluding hydrogens is 268 g/mol. The maximum Gasteiger partial charge on any atom is 0.185 e. The van der Waals surface area contributed by atoms with E-state index in [4.69, 9.17) is 4.98 Å². The minimum absolute atomic E-state index is 0.0512. The summed E-state index contributed by atoms with van der Waals surface area (Å²) in [4.78, 5) is 7.91. The molecule has 1 fully saturated rings. The van der Waals surface area contributed by atoms with Crippen LogP contribution in [0.2, 0.25) is 0 Å². The SMILES string of the molecule is CC1CC1CN(C)c1nc(-c2ccccc2)c(CO)s1. The Morgan fingerprint density at radius 3 is 2.65 bits per heavy atom. The lowest BCUT2D eigenvalue weighted by molar-refractivity contribution is 0.286. The number of benzene rings is 1. The Hall–Kier alpha value is -1.39. The molecule has 0 saturated heterocycles. The van der Waals surface area contributed by atoms with Crippen LogP contribution in [0.15, 0.2) is 30.3 Å². The second-order valence-electron chi connectivity index (χ2n) is 5.65. The van der Waals surface area contributed by atoms with E-state index in [2.05, 4.69) is 18.9 Å². The molecule has 1 aliphatic carbocycles. The highest BCUT2D eigenvalue weighted by Crippen LogP contribution is 2.40. The van der Waals surface area contributed by atoms with Gasteiger partial charge in [0.15, 0.2) is 5.13 Å². The summed E-state index contributed by atoms with van der Waals surface area (Å²) in [5.74, 6) is 1.66. The van der Waals surface area contributed by atoms with E-state index in [9.17, 15) is 5.11 Å². The van der Waals surface area contributed by atoms with Gasteiger partial charge in [0, 0.05) is 19.2 Å². The molecule has 1 heterocycles. The highest BCUT2D eigenvalue weighted by Gasteiger charge is 2.33. The van der Waals surface area contributed by atoms with Crippen LogP contribution in [0.5, 0.6) is 0 Å². The van der Waals surface area contributed by atoms with Gasteiger partial charge in [-0.15, -0.1) is 0 Å². The second-order valence-corrected chi connectivity index (χ2v) is 6.71. The van der Waals surface area contributed by atoms with E-state index >= 15 is 0 Å². The predicted molar refractivity (Wildman–Crippen MR) is 84.0 cm³/mol. The summed E-state index contributed by atoms with van der Waals surface area (Å²) >= 11 is 1.60. The maximum absolute atomic E-state index is 9.56. The molecule has 20 heavy (non-hydrogen) atoms. The third kappa shape index (κ3) is 2.72. The summed E-state index contributed by atoms with van der Waals surface area (Å²) in [6.45, 7) is 3.41. The number of thiazole rings is 1. The van der Waals surface area contributed by atoms with Gasteiger partial charge in [-0.25, -0.2) is 4.98 Å². The van der Waals surface area contributed by atoms with Gasteiger partial charge >= 0.3 is 0 Å². The number of hydrogen-bond acceptors (Lipinski definition) is 4. The smallest absolute Gasteiger partial charge is 0.185 e. The average Bonchev–Trinajstić information content (AvgIpc) is 3.01. The molecule has 106 valence electrons. The summed E-state index contributed by atoms with van der Waals surface area (Å²) < 4.78 is 0. The first kappa shape index (κ1) is 13.6. The average molecular weight is 288 g/mol. The van der Waals surface area contributed by atoms with Gasteiger partial charge in [0.1, 0.15) is 0 Å². The molecule has 2 aromatic rings. The third-order valence-electron chi connectivity index (χ3n) is 3.99. The molecule has 2 unspecified atom stereocenters. The van der Waals surface area contributed by atoms with Crippen LogP contribution in [0.1, 0.15) is 18.2 Å². The zero-order valence-electron chi connectivity index (χ0n) is 11.9. The Morgan fingerprint density at radius 2 is 2.05 bits per heavy atom. The zero-order chi connectivity index (χ0) is 14.1. The molecule has 1 aromatic carbocycles. The standard InChI is InChI=1S/C16H20N2OS/c1-11-8-13(11)9-18(2)16-17-15(14(10-19)20-16)12-6-4-3-5-7-12/h3-7,11,13,19H,8-10H2,1-2H3. The van der Waals surface area contributed by atoms with Crippen molar-refractivity contribution in [2.24, 2.45) is 11.8 Å². The summed E-state index contributed by atoms with van der Waals surface area (Å²) in [5.41, 5.74) is 2.00. The maximum atomic E-state index is 9.56. The molecule has 2 atom stereocenters. The minimum atomic E-state index is 0.0512. The molecule has 1 saturated carbocycles. The van der Waals surface area contributed by atoms with E-state index in [0.717, 1.165) is 39.6 Å². The van der Waals surface area contributed by atoms with Crippen LogP contribution in [-0.2, 0) is 6.61 Å². The van der Waals surface area contributed by atoms with Crippen molar-refractivity contribution in [3.63, 3.8) is 0 Å². The Labute approximate surface area is 123 Å². The normalized spacial score (nSPS) is 20.9. The number of anilines is 1. The van der Waals surface area contributed by atoms with Gasteiger partial charge in [0.25, 0.3) is 0 Å². The molecule has 1 aliphatic rings. The van der Waals surface area contributed by atoms with Gasteiger partial charge in [0.2, 0.25) is 0 Å². The lowest BCUT2D eigenvalue weighted by atomic mass is 10.1. The summed E-state index contributed by atoms with van der Waals surface area (Å²) in [6, 6.07) is 10.1. The van der Waals surface area contributed by atoms with Crippen molar-refractivity contribution in [2.45, 2.75) is 20.0 Å². The number of hydrogen-bond donors (Lipinski definition) is 1. The monoisotopic (exact) mass is 288 g/mol. The van der Waals surface area contributed by atoms with Crippen molar-refractivity contribution in [3.05, 3.63) is 35.2 Å².